The van der Waals surface area contributed by atoms with Gasteiger partial charge in [-0.25, -0.2) is 10.2 Å². The van der Waals surface area contributed by atoms with E-state index in [0.29, 0.717) is 5.56 Å². The van der Waals surface area contributed by atoms with Crippen molar-refractivity contribution in [2.24, 2.45) is 5.84 Å². The van der Waals surface area contributed by atoms with Crippen LogP contribution in [0.2, 0.25) is 0 Å². The van der Waals surface area contributed by atoms with E-state index in [1.54, 1.807) is 51.1 Å². The molecular formula is C18H22Cl3FN2O2. The van der Waals surface area contributed by atoms with Crippen LogP contribution in [0, 0.1) is 5.82 Å². The quantitative estimate of drug-likeness (QED) is 0.325. The summed E-state index contributed by atoms with van der Waals surface area (Å²) in [7, 11) is 0. The molecule has 2 rings (SSSR count). The van der Waals surface area contributed by atoms with E-state index in [1.807, 2.05) is 6.07 Å². The van der Waals surface area contributed by atoms with Crippen LogP contribution in [0.15, 0.2) is 54.6 Å². The highest BCUT2D eigenvalue weighted by atomic mass is 35.5. The van der Waals surface area contributed by atoms with Crippen molar-refractivity contribution < 1.29 is 14.0 Å². The van der Waals surface area contributed by atoms with Crippen molar-refractivity contribution in [1.82, 2.24) is 5.01 Å². The first-order valence-electron chi connectivity index (χ1n) is 7.23. The van der Waals surface area contributed by atoms with Crippen LogP contribution in [0.5, 0.6) is 0 Å². The van der Waals surface area contributed by atoms with E-state index >= 15 is 0 Å². The molecule has 0 aliphatic rings. The lowest BCUT2D eigenvalue weighted by molar-refractivity contribution is 0.0577. The highest BCUT2D eigenvalue weighted by Gasteiger charge is 2.25. The minimum absolute atomic E-state index is 0. The zero-order chi connectivity index (χ0) is 18.3. The number of hydrogen-bond donors (Lipinski definition) is 1. The van der Waals surface area contributed by atoms with Gasteiger partial charge in [-0.3, -0.25) is 14.6 Å². The molecule has 0 unspecified atom stereocenters. The van der Waals surface area contributed by atoms with Gasteiger partial charge >= 0.3 is 0 Å². The summed E-state index contributed by atoms with van der Waals surface area (Å²) in [5.74, 6) is 4.55. The van der Waals surface area contributed by atoms with Crippen molar-refractivity contribution in [3.63, 3.8) is 0 Å². The molecular weight excluding hydrogens is 402 g/mol. The van der Waals surface area contributed by atoms with Crippen molar-refractivity contribution >= 4 is 47.6 Å². The summed E-state index contributed by atoms with van der Waals surface area (Å²) in [6.45, 7) is 5.35. The maximum Gasteiger partial charge on any atom is 0.271 e. The van der Waals surface area contributed by atoms with Gasteiger partial charge in [-0.2, -0.15) is 0 Å². The average Bonchev–Trinajstić information content (AvgIpc) is 2.54. The van der Waals surface area contributed by atoms with Gasteiger partial charge in [-0.1, -0.05) is 42.5 Å². The van der Waals surface area contributed by atoms with Gasteiger partial charge in [0.15, 0.2) is 0 Å². The predicted molar refractivity (Wildman–Crippen MR) is 108 cm³/mol. The maximum absolute atomic E-state index is 13.3. The highest BCUT2D eigenvalue weighted by Crippen LogP contribution is 2.15. The molecule has 0 saturated carbocycles. The van der Waals surface area contributed by atoms with E-state index in [-0.39, 0.29) is 30.4 Å². The molecule has 0 saturated heterocycles. The fraction of sp³-hybridized carbons (Fsp3) is 0.222. The van der Waals surface area contributed by atoms with Crippen LogP contribution in [0.25, 0.3) is 0 Å². The molecule has 0 heterocycles. The van der Waals surface area contributed by atoms with E-state index in [4.69, 9.17) is 17.4 Å². The Labute approximate surface area is 170 Å². The monoisotopic (exact) mass is 422 g/mol. The first-order valence-corrected chi connectivity index (χ1v) is 7.61. The molecule has 0 spiro atoms. The van der Waals surface area contributed by atoms with Crippen LogP contribution in [0.3, 0.4) is 0 Å². The molecule has 0 atom stereocenters. The molecule has 1 amide bonds. The van der Waals surface area contributed by atoms with Gasteiger partial charge in [0.1, 0.15) is 5.82 Å². The van der Waals surface area contributed by atoms with Crippen LogP contribution >= 0.6 is 36.4 Å². The Morgan fingerprint density at radius 2 is 1.42 bits per heavy atom. The summed E-state index contributed by atoms with van der Waals surface area (Å²) in [6, 6.07) is 14.5. The Kier molecular flexibility index (Phi) is 12.1. The fourth-order valence-electron chi connectivity index (χ4n) is 1.64. The highest BCUT2D eigenvalue weighted by molar-refractivity contribution is 6.67. The average molecular weight is 424 g/mol. The first kappa shape index (κ1) is 26.6. The number of hydrogen-bond acceptors (Lipinski definition) is 3. The molecule has 4 nitrogen and oxygen atoms in total. The molecule has 0 aliphatic carbocycles. The summed E-state index contributed by atoms with van der Waals surface area (Å²) in [6.07, 6.45) is 0. The standard InChI is InChI=1S/C11H15FN2O.C7H5ClO.2ClH/c1-11(2,3)14(13)10(15)8-6-4-5-7-9(8)12;8-7(9)6-4-2-1-3-5-6;;/h4-7H,13H2,1-3H3;1-5H;2*1H. The van der Waals surface area contributed by atoms with Crippen LogP contribution in [-0.2, 0) is 0 Å². The Morgan fingerprint density at radius 3 is 1.81 bits per heavy atom. The molecule has 0 radical (unpaired) electrons. The van der Waals surface area contributed by atoms with E-state index in [1.165, 1.54) is 18.2 Å². The summed E-state index contributed by atoms with van der Waals surface area (Å²) < 4.78 is 13.3. The number of rotatable bonds is 2. The number of halogens is 4. The summed E-state index contributed by atoms with van der Waals surface area (Å²) >= 11 is 5.16. The lowest BCUT2D eigenvalue weighted by Crippen LogP contribution is -2.50. The molecule has 0 aromatic heterocycles. The maximum atomic E-state index is 13.3. The minimum Gasteiger partial charge on any atom is -0.276 e. The predicted octanol–water partition coefficient (Wildman–Crippen LogP) is 4.85. The second-order valence-corrected chi connectivity index (χ2v) is 6.31. The van der Waals surface area contributed by atoms with Gasteiger partial charge in [0, 0.05) is 5.56 Å². The number of hydrazine groups is 1. The second-order valence-electron chi connectivity index (χ2n) is 5.97. The number of nitrogens with two attached hydrogens (primary N) is 1. The summed E-state index contributed by atoms with van der Waals surface area (Å²) in [4.78, 5) is 22.2. The number of benzene rings is 2. The zero-order valence-electron chi connectivity index (χ0n) is 14.6. The summed E-state index contributed by atoms with van der Waals surface area (Å²) in [5.41, 5.74) is 0.00779. The normalized spacial score (nSPS) is 9.62. The Hall–Kier alpha value is -1.66. The zero-order valence-corrected chi connectivity index (χ0v) is 17.0. The lowest BCUT2D eigenvalue weighted by atomic mass is 10.1. The molecule has 8 heteroatoms. The van der Waals surface area contributed by atoms with Gasteiger partial charge in [-0.15, -0.1) is 24.8 Å². The number of nitrogens with zero attached hydrogens (tertiary/aromatic N) is 1. The molecule has 2 aromatic carbocycles. The van der Waals surface area contributed by atoms with Crippen molar-refractivity contribution in [2.45, 2.75) is 26.3 Å². The molecule has 2 N–H and O–H groups in total. The summed E-state index contributed by atoms with van der Waals surface area (Å²) in [5, 5.41) is 0.626. The Bertz CT molecular complexity index is 707. The van der Waals surface area contributed by atoms with E-state index in [9.17, 15) is 14.0 Å². The third-order valence-corrected chi connectivity index (χ3v) is 3.26. The van der Waals surface area contributed by atoms with Crippen molar-refractivity contribution in [3.05, 3.63) is 71.5 Å². The number of amides is 1. The van der Waals surface area contributed by atoms with Gasteiger partial charge in [0.05, 0.1) is 11.1 Å². The minimum atomic E-state index is -0.554. The SMILES string of the molecule is CC(C)(C)N(N)C(=O)c1ccccc1F.Cl.Cl.O=C(Cl)c1ccccc1. The van der Waals surface area contributed by atoms with Gasteiger partial charge in [-0.05, 0) is 44.5 Å². The molecule has 2 aromatic rings. The second kappa shape index (κ2) is 11.9. The molecule has 0 aliphatic heterocycles. The molecule has 26 heavy (non-hydrogen) atoms. The third-order valence-electron chi connectivity index (χ3n) is 3.05. The van der Waals surface area contributed by atoms with E-state index < -0.39 is 22.5 Å². The largest absolute Gasteiger partial charge is 0.276 e. The molecule has 144 valence electrons. The van der Waals surface area contributed by atoms with Crippen LogP contribution in [0.4, 0.5) is 4.39 Å². The van der Waals surface area contributed by atoms with Crippen LogP contribution in [-0.4, -0.2) is 21.7 Å². The van der Waals surface area contributed by atoms with Gasteiger partial charge < -0.3 is 0 Å². The fourth-order valence-corrected chi connectivity index (χ4v) is 1.76. The topological polar surface area (TPSA) is 63.4 Å². The third kappa shape index (κ3) is 8.15. The smallest absolute Gasteiger partial charge is 0.271 e. The van der Waals surface area contributed by atoms with Gasteiger partial charge in [0.25, 0.3) is 11.1 Å². The Morgan fingerprint density at radius 1 is 0.962 bits per heavy atom. The lowest BCUT2D eigenvalue weighted by Gasteiger charge is -2.31. The van der Waals surface area contributed by atoms with Crippen molar-refractivity contribution in [1.29, 1.82) is 0 Å². The van der Waals surface area contributed by atoms with Crippen LogP contribution in [0.1, 0.15) is 41.5 Å². The number of carbonyl (C=O) groups excluding carboxylic acids is 2. The van der Waals surface area contributed by atoms with E-state index in [0.717, 1.165) is 5.01 Å². The van der Waals surface area contributed by atoms with E-state index in [2.05, 4.69) is 0 Å². The number of carbonyl (C=O) groups is 2. The Balaban J connectivity index is 0. The first-order chi connectivity index (χ1) is 11.1. The van der Waals surface area contributed by atoms with Crippen molar-refractivity contribution in [3.8, 4) is 0 Å². The van der Waals surface area contributed by atoms with Crippen LogP contribution < -0.4 is 5.84 Å². The van der Waals surface area contributed by atoms with Gasteiger partial charge in [0.2, 0.25) is 0 Å². The molecule has 0 fully saturated rings. The van der Waals surface area contributed by atoms with Crippen molar-refractivity contribution in [2.75, 3.05) is 0 Å². The molecule has 0 bridgehead atoms.